The predicted octanol–water partition coefficient (Wildman–Crippen LogP) is 3.80. The Kier molecular flexibility index (Phi) is 5.15. The van der Waals surface area contributed by atoms with Crippen LogP contribution in [0, 0.1) is 0 Å². The van der Waals surface area contributed by atoms with Crippen LogP contribution in [0.15, 0.2) is 0 Å². The van der Waals surface area contributed by atoms with Crippen molar-refractivity contribution in [3.05, 3.63) is 0 Å². The van der Waals surface area contributed by atoms with Crippen molar-refractivity contribution < 1.29 is 36.6 Å². The Morgan fingerprint density at radius 2 is 1.26 bits per heavy atom. The number of imide groups is 1. The van der Waals surface area contributed by atoms with Crippen molar-refractivity contribution in [2.45, 2.75) is 94.1 Å². The van der Waals surface area contributed by atoms with E-state index >= 15 is 0 Å². The second kappa shape index (κ2) is 6.86. The molecule has 27 heavy (non-hydrogen) atoms. The second-order valence-corrected chi connectivity index (χ2v) is 7.66. The topological polar surface area (TPSA) is 60.9 Å². The zero-order valence-electron chi connectivity index (χ0n) is 14.8. The summed E-state index contributed by atoms with van der Waals surface area (Å²) in [5.74, 6) is -7.62. The maximum absolute atomic E-state index is 14.4. The predicted molar refractivity (Wildman–Crippen MR) is 83.8 cm³/mol. The van der Waals surface area contributed by atoms with Gasteiger partial charge < -0.3 is 5.11 Å². The van der Waals surface area contributed by atoms with Gasteiger partial charge in [0, 0.05) is 12.1 Å². The number of aliphatic hydroxyl groups is 1. The quantitative estimate of drug-likeness (QED) is 0.581. The van der Waals surface area contributed by atoms with Gasteiger partial charge in [0.15, 0.2) is 0 Å². The molecule has 1 heterocycles. The Bertz CT molecular complexity index is 600. The van der Waals surface area contributed by atoms with Crippen LogP contribution in [0.5, 0.6) is 0 Å². The smallest absolute Gasteiger partial charge is 0.358 e. The third-order valence-corrected chi connectivity index (χ3v) is 5.95. The molecule has 0 aromatic rings. The number of hydrogen-bond acceptors (Lipinski definition) is 3. The molecule has 1 aliphatic heterocycles. The lowest BCUT2D eigenvalue weighted by atomic mass is 9.91. The van der Waals surface area contributed by atoms with Gasteiger partial charge in [0.25, 0.3) is 11.6 Å². The van der Waals surface area contributed by atoms with E-state index in [4.69, 9.17) is 0 Å². The van der Waals surface area contributed by atoms with E-state index in [1.165, 1.54) is 0 Å². The number of rotatable bonds is 3. The number of halogens is 5. The summed E-state index contributed by atoms with van der Waals surface area (Å²) in [6.07, 6.45) is -1.23. The lowest BCUT2D eigenvalue weighted by Gasteiger charge is -2.41. The van der Waals surface area contributed by atoms with Crippen molar-refractivity contribution in [1.29, 1.82) is 0 Å². The normalized spacial score (nSPS) is 29.7. The number of alkyl halides is 5. The van der Waals surface area contributed by atoms with Crippen LogP contribution >= 0.6 is 0 Å². The van der Waals surface area contributed by atoms with Crippen LogP contribution in [-0.4, -0.2) is 56.8 Å². The molecular formula is C17H23F5N2O3. The van der Waals surface area contributed by atoms with Crippen LogP contribution < -0.4 is 0 Å². The zero-order valence-corrected chi connectivity index (χ0v) is 14.8. The van der Waals surface area contributed by atoms with Crippen molar-refractivity contribution in [3.8, 4) is 0 Å². The van der Waals surface area contributed by atoms with E-state index in [2.05, 4.69) is 0 Å². The number of urea groups is 1. The fourth-order valence-electron chi connectivity index (χ4n) is 4.52. The molecule has 3 aliphatic rings. The molecular weight excluding hydrogens is 375 g/mol. The number of carbonyl (C=O) groups excluding carboxylic acids is 2. The summed E-state index contributed by atoms with van der Waals surface area (Å²) >= 11 is 0. The summed E-state index contributed by atoms with van der Waals surface area (Å²) < 4.78 is 68.1. The Labute approximate surface area is 153 Å². The second-order valence-electron chi connectivity index (χ2n) is 7.66. The first-order valence-electron chi connectivity index (χ1n) is 9.37. The minimum atomic E-state index is -6.17. The van der Waals surface area contributed by atoms with E-state index in [1.54, 1.807) is 0 Å². The molecule has 3 amide bonds. The van der Waals surface area contributed by atoms with Gasteiger partial charge in [0.2, 0.25) is 0 Å². The zero-order chi connectivity index (χ0) is 20.0. The van der Waals surface area contributed by atoms with E-state index < -0.39 is 41.8 Å². The number of hydrogen-bond donors (Lipinski definition) is 1. The van der Waals surface area contributed by atoms with E-state index in [0.717, 1.165) is 12.8 Å². The van der Waals surface area contributed by atoms with Crippen molar-refractivity contribution in [2.24, 2.45) is 0 Å². The van der Waals surface area contributed by atoms with Crippen LogP contribution in [0.4, 0.5) is 26.7 Å². The van der Waals surface area contributed by atoms with Gasteiger partial charge in [-0.15, -0.1) is 0 Å². The van der Waals surface area contributed by atoms with Crippen molar-refractivity contribution in [1.82, 2.24) is 9.80 Å². The van der Waals surface area contributed by atoms with Crippen LogP contribution in [0.3, 0.4) is 0 Å². The average molecular weight is 398 g/mol. The molecule has 154 valence electrons. The summed E-state index contributed by atoms with van der Waals surface area (Å²) in [6, 6.07) is -3.02. The molecule has 2 saturated carbocycles. The summed E-state index contributed by atoms with van der Waals surface area (Å²) in [7, 11) is 0. The third-order valence-electron chi connectivity index (χ3n) is 5.95. The summed E-state index contributed by atoms with van der Waals surface area (Å²) in [6.45, 7) is 0. The molecule has 1 N–H and O–H groups in total. The Balaban J connectivity index is 2.06. The lowest BCUT2D eigenvalue weighted by molar-refractivity contribution is -0.354. The number of carbonyl (C=O) groups is 2. The SMILES string of the molecule is O=C1N(C2CCCCC2)C(=O)C(O)(C(F)(F)C(F)(F)F)N1C1CCCCC1. The van der Waals surface area contributed by atoms with Gasteiger partial charge in [0.1, 0.15) is 0 Å². The van der Waals surface area contributed by atoms with Crippen LogP contribution in [0.1, 0.15) is 64.2 Å². The van der Waals surface area contributed by atoms with Crippen LogP contribution in [0.2, 0.25) is 0 Å². The molecule has 1 atom stereocenters. The number of amides is 3. The van der Waals surface area contributed by atoms with Crippen LogP contribution in [0.25, 0.3) is 0 Å². The molecule has 2 aliphatic carbocycles. The molecule has 0 radical (unpaired) electrons. The Hall–Kier alpha value is -1.45. The summed E-state index contributed by atoms with van der Waals surface area (Å²) in [4.78, 5) is 26.2. The standard InChI is InChI=1S/C17H23F5N2O3/c18-16(19,17(20,21)22)15(27)13(25)23(11-7-3-1-4-8-11)14(26)24(15)12-9-5-2-6-10-12/h11-12,27H,1-10H2. The minimum Gasteiger partial charge on any atom is -0.358 e. The monoisotopic (exact) mass is 398 g/mol. The fraction of sp³-hybridized carbons (Fsp3) is 0.882. The molecule has 5 nitrogen and oxygen atoms in total. The van der Waals surface area contributed by atoms with E-state index in [0.29, 0.717) is 43.4 Å². The molecule has 0 aromatic heterocycles. The first kappa shape index (κ1) is 20.3. The Morgan fingerprint density at radius 3 is 1.70 bits per heavy atom. The van der Waals surface area contributed by atoms with Gasteiger partial charge in [-0.25, -0.2) is 4.79 Å². The first-order valence-corrected chi connectivity index (χ1v) is 9.37. The van der Waals surface area contributed by atoms with Gasteiger partial charge >= 0.3 is 18.1 Å². The van der Waals surface area contributed by atoms with E-state index in [1.807, 2.05) is 0 Å². The van der Waals surface area contributed by atoms with Gasteiger partial charge in [-0.05, 0) is 25.7 Å². The van der Waals surface area contributed by atoms with Gasteiger partial charge in [-0.3, -0.25) is 14.6 Å². The largest absolute Gasteiger partial charge is 0.459 e. The highest BCUT2D eigenvalue weighted by Gasteiger charge is 2.81. The average Bonchev–Trinajstić information content (AvgIpc) is 2.83. The first-order chi connectivity index (χ1) is 12.5. The fourth-order valence-corrected chi connectivity index (χ4v) is 4.52. The molecule has 1 saturated heterocycles. The molecule has 1 unspecified atom stereocenters. The lowest BCUT2D eigenvalue weighted by Crippen LogP contribution is -2.69. The molecule has 0 bridgehead atoms. The molecule has 3 fully saturated rings. The highest BCUT2D eigenvalue weighted by molar-refractivity contribution is 6.07. The molecule has 0 spiro atoms. The molecule has 10 heteroatoms. The minimum absolute atomic E-state index is 0.136. The Morgan fingerprint density at radius 1 is 0.815 bits per heavy atom. The molecule has 0 aromatic carbocycles. The van der Waals surface area contributed by atoms with E-state index in [9.17, 15) is 36.6 Å². The maximum Gasteiger partial charge on any atom is 0.459 e. The van der Waals surface area contributed by atoms with E-state index in [-0.39, 0.29) is 17.7 Å². The third kappa shape index (κ3) is 3.00. The highest BCUT2D eigenvalue weighted by atomic mass is 19.4. The summed E-state index contributed by atoms with van der Waals surface area (Å²) in [5, 5.41) is 10.6. The maximum atomic E-state index is 14.4. The van der Waals surface area contributed by atoms with Gasteiger partial charge in [-0.2, -0.15) is 22.0 Å². The highest BCUT2D eigenvalue weighted by Crippen LogP contribution is 2.51. The van der Waals surface area contributed by atoms with Crippen molar-refractivity contribution in [3.63, 3.8) is 0 Å². The van der Waals surface area contributed by atoms with Gasteiger partial charge in [0.05, 0.1) is 0 Å². The van der Waals surface area contributed by atoms with Gasteiger partial charge in [-0.1, -0.05) is 38.5 Å². The van der Waals surface area contributed by atoms with Crippen molar-refractivity contribution in [2.75, 3.05) is 0 Å². The molecule has 3 rings (SSSR count). The number of nitrogens with zero attached hydrogens (tertiary/aromatic N) is 2. The summed E-state index contributed by atoms with van der Waals surface area (Å²) in [5.41, 5.74) is -4.23. The van der Waals surface area contributed by atoms with Crippen LogP contribution in [-0.2, 0) is 4.79 Å². The van der Waals surface area contributed by atoms with Crippen molar-refractivity contribution >= 4 is 11.9 Å².